The minimum atomic E-state index is -1.60. The molecule has 0 bridgehead atoms. The molecule has 0 saturated heterocycles. The number of benzene rings is 1. The zero-order chi connectivity index (χ0) is 12.0. The molecule has 16 heavy (non-hydrogen) atoms. The number of carboxylic acid groups (broad SMARTS) is 1. The summed E-state index contributed by atoms with van der Waals surface area (Å²) >= 11 is 0. The van der Waals surface area contributed by atoms with E-state index in [-0.39, 0.29) is 6.42 Å². The molecule has 1 aromatic carbocycles. The van der Waals surface area contributed by atoms with Crippen LogP contribution in [0.25, 0.3) is 0 Å². The molecule has 5 nitrogen and oxygen atoms in total. The Balaban J connectivity index is 2.37. The lowest BCUT2D eigenvalue weighted by Crippen LogP contribution is -2.22. The third kappa shape index (κ3) is 3.91. The number of ketones is 1. The molecule has 0 aliphatic carbocycles. The Morgan fingerprint density at radius 3 is 2.31 bits per heavy atom. The number of carboxylic acids is 1. The van der Waals surface area contributed by atoms with Gasteiger partial charge in [0.25, 0.3) is 5.78 Å². The second-order valence-electron chi connectivity index (χ2n) is 3.05. The summed E-state index contributed by atoms with van der Waals surface area (Å²) in [6, 6.07) is 8.82. The average molecular weight is 222 g/mol. The predicted octanol–water partition coefficient (Wildman–Crippen LogP) is 0.426. The molecule has 0 aromatic heterocycles. The van der Waals surface area contributed by atoms with Crippen LogP contribution in [0.5, 0.6) is 0 Å². The highest BCUT2D eigenvalue weighted by Gasteiger charge is 2.14. The molecule has 0 unspecified atom stereocenters. The fraction of sp³-hybridized carbons (Fsp3) is 0.182. The highest BCUT2D eigenvalue weighted by Crippen LogP contribution is 2.00. The summed E-state index contributed by atoms with van der Waals surface area (Å²) in [5.41, 5.74) is 0.746. The molecule has 1 N–H and O–H groups in total. The number of carbonyl (C=O) groups is 3. The lowest BCUT2D eigenvalue weighted by molar-refractivity contribution is -0.155. The second-order valence-corrected chi connectivity index (χ2v) is 3.05. The molecule has 0 spiro atoms. The number of aliphatic carboxylic acids is 1. The third-order valence-corrected chi connectivity index (χ3v) is 1.79. The summed E-state index contributed by atoms with van der Waals surface area (Å²) in [4.78, 5) is 31.9. The van der Waals surface area contributed by atoms with Crippen LogP contribution in [0.1, 0.15) is 5.56 Å². The minimum absolute atomic E-state index is 0.0216. The highest BCUT2D eigenvalue weighted by atomic mass is 16.5. The Bertz CT molecular complexity index is 396. The van der Waals surface area contributed by atoms with Gasteiger partial charge in [0.2, 0.25) is 0 Å². The second kappa shape index (κ2) is 5.65. The molecule has 1 aromatic rings. The van der Waals surface area contributed by atoms with Crippen molar-refractivity contribution in [3.8, 4) is 0 Å². The molecule has 0 radical (unpaired) electrons. The van der Waals surface area contributed by atoms with Gasteiger partial charge in [-0.15, -0.1) is 0 Å². The Kier molecular flexibility index (Phi) is 4.20. The van der Waals surface area contributed by atoms with Crippen LogP contribution in [0, 0.1) is 0 Å². The van der Waals surface area contributed by atoms with Gasteiger partial charge in [-0.3, -0.25) is 9.59 Å². The summed E-state index contributed by atoms with van der Waals surface area (Å²) < 4.78 is 4.50. The molecular formula is C11H10O5. The van der Waals surface area contributed by atoms with Crippen molar-refractivity contribution in [2.24, 2.45) is 0 Å². The number of esters is 1. The van der Waals surface area contributed by atoms with Gasteiger partial charge in [-0.05, 0) is 5.56 Å². The van der Waals surface area contributed by atoms with Gasteiger partial charge < -0.3 is 9.84 Å². The summed E-state index contributed by atoms with van der Waals surface area (Å²) in [5, 5.41) is 8.24. The standard InChI is InChI=1S/C11H10O5/c12-9(11(14)15)7-16-10(13)6-8-4-2-1-3-5-8/h1-5H,6-7H2,(H,14,15). The maximum atomic E-state index is 11.2. The van der Waals surface area contributed by atoms with Gasteiger partial charge in [-0.2, -0.15) is 0 Å². The normalized spacial score (nSPS) is 9.50. The van der Waals surface area contributed by atoms with Gasteiger partial charge in [-0.25, -0.2) is 4.79 Å². The van der Waals surface area contributed by atoms with E-state index < -0.39 is 24.3 Å². The first-order chi connectivity index (χ1) is 7.59. The summed E-state index contributed by atoms with van der Waals surface area (Å²) in [5.74, 6) is -3.37. The van der Waals surface area contributed by atoms with Crippen LogP contribution >= 0.6 is 0 Å². The Labute approximate surface area is 91.6 Å². The maximum Gasteiger partial charge on any atom is 0.375 e. The number of ether oxygens (including phenoxy) is 1. The molecule has 0 heterocycles. The van der Waals surface area contributed by atoms with Gasteiger partial charge in [0, 0.05) is 0 Å². The fourth-order valence-electron chi connectivity index (χ4n) is 1.02. The maximum absolute atomic E-state index is 11.2. The molecule has 5 heteroatoms. The molecule has 0 aliphatic heterocycles. The number of hydrogen-bond acceptors (Lipinski definition) is 4. The number of Topliss-reactive ketones (excluding diaryl/α,β-unsaturated/α-hetero) is 1. The van der Waals surface area contributed by atoms with Crippen LogP contribution in [0.2, 0.25) is 0 Å². The van der Waals surface area contributed by atoms with Crippen LogP contribution in [-0.2, 0) is 25.5 Å². The highest BCUT2D eigenvalue weighted by molar-refractivity contribution is 6.33. The van der Waals surface area contributed by atoms with E-state index in [0.29, 0.717) is 0 Å². The Morgan fingerprint density at radius 2 is 1.75 bits per heavy atom. The van der Waals surface area contributed by atoms with Crippen LogP contribution in [0.4, 0.5) is 0 Å². The van der Waals surface area contributed by atoms with Gasteiger partial charge in [0.05, 0.1) is 6.42 Å². The van der Waals surface area contributed by atoms with Crippen LogP contribution in [0.3, 0.4) is 0 Å². The van der Waals surface area contributed by atoms with E-state index >= 15 is 0 Å². The van der Waals surface area contributed by atoms with Crippen LogP contribution in [-0.4, -0.2) is 29.4 Å². The monoisotopic (exact) mass is 222 g/mol. The molecule has 0 saturated carbocycles. The van der Waals surface area contributed by atoms with E-state index in [1.165, 1.54) is 0 Å². The van der Waals surface area contributed by atoms with Crippen molar-refractivity contribution < 1.29 is 24.2 Å². The molecule has 1 rings (SSSR count). The van der Waals surface area contributed by atoms with E-state index in [1.54, 1.807) is 24.3 Å². The van der Waals surface area contributed by atoms with Crippen molar-refractivity contribution in [1.82, 2.24) is 0 Å². The molecule has 84 valence electrons. The lowest BCUT2D eigenvalue weighted by atomic mass is 10.2. The summed E-state index contributed by atoms with van der Waals surface area (Å²) in [7, 11) is 0. The van der Waals surface area contributed by atoms with Crippen molar-refractivity contribution in [2.45, 2.75) is 6.42 Å². The van der Waals surface area contributed by atoms with Gasteiger partial charge in [-0.1, -0.05) is 30.3 Å². The minimum Gasteiger partial charge on any atom is -0.475 e. The van der Waals surface area contributed by atoms with Crippen molar-refractivity contribution >= 4 is 17.7 Å². The van der Waals surface area contributed by atoms with E-state index in [4.69, 9.17) is 5.11 Å². The predicted molar refractivity (Wildman–Crippen MR) is 53.7 cm³/mol. The lowest BCUT2D eigenvalue weighted by Gasteiger charge is -2.02. The molecule has 0 atom stereocenters. The molecule has 0 fully saturated rings. The zero-order valence-electron chi connectivity index (χ0n) is 8.38. The van der Waals surface area contributed by atoms with Gasteiger partial charge >= 0.3 is 11.9 Å². The SMILES string of the molecule is O=C(Cc1ccccc1)OCC(=O)C(=O)O. The van der Waals surface area contributed by atoms with E-state index in [1.807, 2.05) is 6.07 Å². The van der Waals surface area contributed by atoms with E-state index in [9.17, 15) is 14.4 Å². The third-order valence-electron chi connectivity index (χ3n) is 1.79. The van der Waals surface area contributed by atoms with Crippen molar-refractivity contribution in [3.05, 3.63) is 35.9 Å². The van der Waals surface area contributed by atoms with E-state index in [0.717, 1.165) is 5.56 Å². The molecule has 0 amide bonds. The van der Waals surface area contributed by atoms with Gasteiger partial charge in [0.1, 0.15) is 0 Å². The Morgan fingerprint density at radius 1 is 1.12 bits per heavy atom. The number of hydrogen-bond donors (Lipinski definition) is 1. The smallest absolute Gasteiger partial charge is 0.375 e. The van der Waals surface area contributed by atoms with Gasteiger partial charge in [0.15, 0.2) is 6.61 Å². The van der Waals surface area contributed by atoms with Crippen LogP contribution < -0.4 is 0 Å². The van der Waals surface area contributed by atoms with Crippen molar-refractivity contribution in [1.29, 1.82) is 0 Å². The van der Waals surface area contributed by atoms with Crippen LogP contribution in [0.15, 0.2) is 30.3 Å². The first-order valence-corrected chi connectivity index (χ1v) is 4.55. The molecular weight excluding hydrogens is 212 g/mol. The largest absolute Gasteiger partial charge is 0.475 e. The first-order valence-electron chi connectivity index (χ1n) is 4.55. The fourth-order valence-corrected chi connectivity index (χ4v) is 1.02. The van der Waals surface area contributed by atoms with E-state index in [2.05, 4.69) is 4.74 Å². The topological polar surface area (TPSA) is 80.7 Å². The summed E-state index contributed by atoms with van der Waals surface area (Å²) in [6.45, 7) is -0.721. The quantitative estimate of drug-likeness (QED) is 0.577. The first kappa shape index (κ1) is 11.9. The zero-order valence-corrected chi connectivity index (χ0v) is 8.38. The average Bonchev–Trinajstić information content (AvgIpc) is 2.27. The molecule has 0 aliphatic rings. The number of carbonyl (C=O) groups excluding carboxylic acids is 2. The van der Waals surface area contributed by atoms with Crippen molar-refractivity contribution in [2.75, 3.05) is 6.61 Å². The number of rotatable bonds is 5. The Hall–Kier alpha value is -2.17. The van der Waals surface area contributed by atoms with Crippen molar-refractivity contribution in [3.63, 3.8) is 0 Å². The summed E-state index contributed by atoms with van der Waals surface area (Å²) in [6.07, 6.45) is 0.0216.